The fourth-order valence-corrected chi connectivity index (χ4v) is 2.97. The Morgan fingerprint density at radius 1 is 1.18 bits per heavy atom. The molecule has 1 heterocycles. The summed E-state index contributed by atoms with van der Waals surface area (Å²) in [4.78, 5) is 4.65. The lowest BCUT2D eigenvalue weighted by Crippen LogP contribution is -1.88. The number of nitrogens with zero attached hydrogens (tertiary/aromatic N) is 1. The standard InChI is InChI=1S/C14H12N2S.CH4O3S/c1-9-8-10(15)6-7-11(9)14-16-12-4-2-3-5-13(12)17-14;1-5(2,3)4/h2-8H,15H2,1H3;1H3,(H,2,3,4). The molecule has 0 bridgehead atoms. The smallest absolute Gasteiger partial charge is 0.261 e. The van der Waals surface area contributed by atoms with Crippen LogP contribution in [0.25, 0.3) is 20.8 Å². The molecule has 0 atom stereocenters. The van der Waals surface area contributed by atoms with Gasteiger partial charge in [-0.15, -0.1) is 11.3 Å². The summed E-state index contributed by atoms with van der Waals surface area (Å²) in [7, 11) is -3.67. The van der Waals surface area contributed by atoms with E-state index in [9.17, 15) is 8.42 Å². The van der Waals surface area contributed by atoms with Crippen LogP contribution in [0.2, 0.25) is 0 Å². The van der Waals surface area contributed by atoms with Crippen LogP contribution in [-0.2, 0) is 10.1 Å². The van der Waals surface area contributed by atoms with Gasteiger partial charge in [0.25, 0.3) is 10.1 Å². The minimum Gasteiger partial charge on any atom is -0.399 e. The third-order valence-corrected chi connectivity index (χ3v) is 3.84. The summed E-state index contributed by atoms with van der Waals surface area (Å²) >= 11 is 1.72. The molecule has 0 fully saturated rings. The Morgan fingerprint density at radius 2 is 1.82 bits per heavy atom. The summed E-state index contributed by atoms with van der Waals surface area (Å²) in [5.74, 6) is 0. The van der Waals surface area contributed by atoms with Crippen LogP contribution in [0.3, 0.4) is 0 Å². The Kier molecular flexibility index (Phi) is 4.80. The van der Waals surface area contributed by atoms with Crippen molar-refractivity contribution in [3.63, 3.8) is 0 Å². The van der Waals surface area contributed by atoms with Crippen molar-refractivity contribution in [1.29, 1.82) is 0 Å². The van der Waals surface area contributed by atoms with Crippen LogP contribution in [-0.4, -0.2) is 24.2 Å². The summed E-state index contributed by atoms with van der Waals surface area (Å²) in [6, 6.07) is 14.2. The molecule has 3 N–H and O–H groups in total. The Hall–Kier alpha value is -1.96. The zero-order chi connectivity index (χ0) is 16.3. The highest BCUT2D eigenvalue weighted by molar-refractivity contribution is 7.85. The first kappa shape index (κ1) is 16.4. The third-order valence-electron chi connectivity index (χ3n) is 2.77. The van der Waals surface area contributed by atoms with E-state index < -0.39 is 10.1 Å². The molecule has 0 unspecified atom stereocenters. The van der Waals surface area contributed by atoms with E-state index in [0.717, 1.165) is 16.2 Å². The van der Waals surface area contributed by atoms with Gasteiger partial charge in [0.2, 0.25) is 0 Å². The minimum absolute atomic E-state index is 0.715. The van der Waals surface area contributed by atoms with Crippen LogP contribution >= 0.6 is 11.3 Å². The maximum atomic E-state index is 9.19. The van der Waals surface area contributed by atoms with Gasteiger partial charge in [0.15, 0.2) is 0 Å². The van der Waals surface area contributed by atoms with Crippen molar-refractivity contribution < 1.29 is 13.0 Å². The van der Waals surface area contributed by atoms with Gasteiger partial charge in [-0.2, -0.15) is 8.42 Å². The minimum atomic E-state index is -3.67. The Bertz CT molecular complexity index is 861. The first-order valence-electron chi connectivity index (χ1n) is 6.38. The number of thiazole rings is 1. The van der Waals surface area contributed by atoms with E-state index in [2.05, 4.69) is 18.0 Å². The molecule has 3 rings (SSSR count). The lowest BCUT2D eigenvalue weighted by atomic mass is 10.1. The molecule has 0 aliphatic carbocycles. The molecule has 0 saturated heterocycles. The first-order valence-corrected chi connectivity index (χ1v) is 9.05. The maximum Gasteiger partial charge on any atom is 0.261 e. The highest BCUT2D eigenvalue weighted by Crippen LogP contribution is 2.32. The number of hydrogen-bond donors (Lipinski definition) is 2. The molecular formula is C15H16N2O3S2. The van der Waals surface area contributed by atoms with E-state index in [1.54, 1.807) is 11.3 Å². The van der Waals surface area contributed by atoms with E-state index in [1.165, 1.54) is 15.8 Å². The molecule has 0 aliphatic rings. The number of nitrogens with two attached hydrogens (primary N) is 1. The molecule has 3 aromatic rings. The molecular weight excluding hydrogens is 320 g/mol. The highest BCUT2D eigenvalue weighted by Gasteiger charge is 2.08. The topological polar surface area (TPSA) is 93.3 Å². The summed E-state index contributed by atoms with van der Waals surface area (Å²) in [5.41, 5.74) is 9.96. The van der Waals surface area contributed by atoms with E-state index in [-0.39, 0.29) is 0 Å². The second-order valence-electron chi connectivity index (χ2n) is 4.79. The number of anilines is 1. The predicted molar refractivity (Wildman–Crippen MR) is 91.7 cm³/mol. The summed E-state index contributed by atoms with van der Waals surface area (Å²) in [5, 5.41) is 1.06. The van der Waals surface area contributed by atoms with Gasteiger partial charge in [-0.25, -0.2) is 4.98 Å². The van der Waals surface area contributed by atoms with Crippen LogP contribution in [0, 0.1) is 6.92 Å². The molecule has 0 amide bonds. The molecule has 0 spiro atoms. The zero-order valence-electron chi connectivity index (χ0n) is 12.1. The van der Waals surface area contributed by atoms with Gasteiger partial charge < -0.3 is 5.73 Å². The molecule has 2 aromatic carbocycles. The zero-order valence-corrected chi connectivity index (χ0v) is 13.8. The van der Waals surface area contributed by atoms with Crippen molar-refractivity contribution in [3.8, 4) is 10.6 Å². The average molecular weight is 336 g/mol. The van der Waals surface area contributed by atoms with Gasteiger partial charge in [0.1, 0.15) is 5.01 Å². The van der Waals surface area contributed by atoms with Gasteiger partial charge in [-0.1, -0.05) is 12.1 Å². The third kappa shape index (κ3) is 4.52. The van der Waals surface area contributed by atoms with Crippen LogP contribution in [0.1, 0.15) is 5.56 Å². The van der Waals surface area contributed by atoms with Crippen molar-refractivity contribution in [2.45, 2.75) is 6.92 Å². The van der Waals surface area contributed by atoms with E-state index in [4.69, 9.17) is 10.3 Å². The molecule has 5 nitrogen and oxygen atoms in total. The lowest BCUT2D eigenvalue weighted by molar-refractivity contribution is 0.490. The van der Waals surface area contributed by atoms with E-state index >= 15 is 0 Å². The van der Waals surface area contributed by atoms with Crippen LogP contribution in [0.4, 0.5) is 5.69 Å². The van der Waals surface area contributed by atoms with Crippen molar-refractivity contribution in [2.24, 2.45) is 0 Å². The molecule has 0 aliphatic heterocycles. The van der Waals surface area contributed by atoms with Crippen LogP contribution in [0.15, 0.2) is 42.5 Å². The quantitative estimate of drug-likeness (QED) is 0.525. The molecule has 1 aromatic heterocycles. The fourth-order valence-electron chi connectivity index (χ4n) is 1.91. The predicted octanol–water partition coefficient (Wildman–Crippen LogP) is 3.36. The number of aryl methyl sites for hydroxylation is 1. The number of aromatic nitrogens is 1. The van der Waals surface area contributed by atoms with Gasteiger partial charge in [-0.3, -0.25) is 4.55 Å². The van der Waals surface area contributed by atoms with Crippen molar-refractivity contribution in [2.75, 3.05) is 12.0 Å². The summed E-state index contributed by atoms with van der Waals surface area (Å²) in [6.07, 6.45) is 0.715. The van der Waals surface area contributed by atoms with Crippen LogP contribution < -0.4 is 5.73 Å². The van der Waals surface area contributed by atoms with Crippen LogP contribution in [0.5, 0.6) is 0 Å². The van der Waals surface area contributed by atoms with Crippen molar-refractivity contribution >= 4 is 37.4 Å². The molecule has 22 heavy (non-hydrogen) atoms. The molecule has 7 heteroatoms. The maximum absolute atomic E-state index is 9.19. The second-order valence-corrected chi connectivity index (χ2v) is 7.29. The van der Waals surface area contributed by atoms with Crippen molar-refractivity contribution in [1.82, 2.24) is 4.98 Å². The number of fused-ring (bicyclic) bond motifs is 1. The van der Waals surface area contributed by atoms with E-state index in [1.807, 2.05) is 36.4 Å². The van der Waals surface area contributed by atoms with Crippen molar-refractivity contribution in [3.05, 3.63) is 48.0 Å². The molecule has 0 radical (unpaired) electrons. The largest absolute Gasteiger partial charge is 0.399 e. The SMILES string of the molecule is CS(=O)(=O)O.Cc1cc(N)ccc1-c1nc2ccccc2s1. The Balaban J connectivity index is 0.000000309. The number of rotatable bonds is 1. The van der Waals surface area contributed by atoms with Gasteiger partial charge in [0.05, 0.1) is 16.5 Å². The van der Waals surface area contributed by atoms with E-state index in [0.29, 0.717) is 6.26 Å². The highest BCUT2D eigenvalue weighted by atomic mass is 32.2. The first-order chi connectivity index (χ1) is 10.2. The molecule has 116 valence electrons. The second kappa shape index (κ2) is 6.43. The Morgan fingerprint density at radius 3 is 2.41 bits per heavy atom. The number of nitrogen functional groups attached to an aromatic ring is 1. The average Bonchev–Trinajstić information content (AvgIpc) is 2.79. The monoisotopic (exact) mass is 336 g/mol. The number of hydrogen-bond acceptors (Lipinski definition) is 5. The lowest BCUT2D eigenvalue weighted by Gasteiger charge is -2.02. The van der Waals surface area contributed by atoms with Gasteiger partial charge in [-0.05, 0) is 42.8 Å². The molecule has 0 saturated carbocycles. The Labute approximate surface area is 133 Å². The van der Waals surface area contributed by atoms with Gasteiger partial charge in [0, 0.05) is 11.3 Å². The summed E-state index contributed by atoms with van der Waals surface area (Å²) < 4.78 is 27.1. The number of para-hydroxylation sites is 1. The summed E-state index contributed by atoms with van der Waals surface area (Å²) in [6.45, 7) is 2.07. The fraction of sp³-hybridized carbons (Fsp3) is 0.133. The number of benzene rings is 2. The normalized spacial score (nSPS) is 11.0. The van der Waals surface area contributed by atoms with Gasteiger partial charge >= 0.3 is 0 Å².